The molecular formula is C8H19ClN2O4S. The highest BCUT2D eigenvalue weighted by atomic mass is 35.5. The Morgan fingerprint density at radius 2 is 1.88 bits per heavy atom. The van der Waals surface area contributed by atoms with E-state index in [1.165, 1.54) is 7.05 Å². The molecule has 0 unspecified atom stereocenters. The van der Waals surface area contributed by atoms with Gasteiger partial charge in [-0.05, 0) is 27.8 Å². The molecule has 0 fully saturated rings. The minimum absolute atomic E-state index is 0. The number of carbonyl (C=O) groups excluding carboxylic acids is 1. The number of rotatable bonds is 4. The minimum Gasteiger partial charge on any atom is -0.459 e. The molecule has 6 nitrogen and oxygen atoms in total. The fraction of sp³-hybridized carbons (Fsp3) is 0.875. The number of hydrogen-bond donors (Lipinski definition) is 2. The first-order chi connectivity index (χ1) is 6.57. The molecule has 0 rings (SSSR count). The van der Waals surface area contributed by atoms with E-state index in [4.69, 9.17) is 10.5 Å². The van der Waals surface area contributed by atoms with Gasteiger partial charge in [-0.1, -0.05) is 0 Å². The summed E-state index contributed by atoms with van der Waals surface area (Å²) < 4.78 is 29.2. The molecule has 0 aliphatic carbocycles. The largest absolute Gasteiger partial charge is 0.459 e. The van der Waals surface area contributed by atoms with Crippen LogP contribution in [0.15, 0.2) is 0 Å². The SMILES string of the molecule is CNS(=O)(=O)C[C@@H](N)C(=O)OC(C)(C)C.Cl. The average molecular weight is 275 g/mol. The molecular weight excluding hydrogens is 256 g/mol. The van der Waals surface area contributed by atoms with Gasteiger partial charge in [-0.15, -0.1) is 12.4 Å². The first-order valence-electron chi connectivity index (χ1n) is 4.47. The van der Waals surface area contributed by atoms with Crippen LogP contribution < -0.4 is 10.5 Å². The summed E-state index contributed by atoms with van der Waals surface area (Å²) in [5.74, 6) is -1.19. The van der Waals surface area contributed by atoms with E-state index in [1.807, 2.05) is 0 Å². The number of sulfonamides is 1. The number of ether oxygens (including phenoxy) is 1. The lowest BCUT2D eigenvalue weighted by Crippen LogP contribution is -2.44. The lowest BCUT2D eigenvalue weighted by molar-refractivity contribution is -0.155. The molecule has 0 heterocycles. The van der Waals surface area contributed by atoms with Crippen molar-refractivity contribution in [2.45, 2.75) is 32.4 Å². The van der Waals surface area contributed by atoms with Crippen molar-refractivity contribution < 1.29 is 17.9 Å². The number of nitrogens with two attached hydrogens (primary N) is 1. The van der Waals surface area contributed by atoms with Gasteiger partial charge in [0.2, 0.25) is 10.0 Å². The van der Waals surface area contributed by atoms with E-state index in [9.17, 15) is 13.2 Å². The van der Waals surface area contributed by atoms with Crippen molar-refractivity contribution in [1.29, 1.82) is 0 Å². The van der Waals surface area contributed by atoms with Crippen LogP contribution in [0.2, 0.25) is 0 Å². The van der Waals surface area contributed by atoms with Crippen molar-refractivity contribution in [1.82, 2.24) is 4.72 Å². The Morgan fingerprint density at radius 1 is 1.44 bits per heavy atom. The lowest BCUT2D eigenvalue weighted by Gasteiger charge is -2.21. The predicted octanol–water partition coefficient (Wildman–Crippen LogP) is -0.374. The first kappa shape index (κ1) is 18.0. The number of halogens is 1. The normalized spacial score (nSPS) is 13.8. The highest BCUT2D eigenvalue weighted by molar-refractivity contribution is 7.89. The van der Waals surface area contributed by atoms with E-state index in [-0.39, 0.29) is 12.4 Å². The van der Waals surface area contributed by atoms with Crippen molar-refractivity contribution in [3.63, 3.8) is 0 Å². The number of hydrogen-bond acceptors (Lipinski definition) is 5. The Bertz CT molecular complexity index is 323. The summed E-state index contributed by atoms with van der Waals surface area (Å²) in [5, 5.41) is 0. The van der Waals surface area contributed by atoms with Crippen molar-refractivity contribution in [2.24, 2.45) is 5.73 Å². The molecule has 0 bridgehead atoms. The van der Waals surface area contributed by atoms with Crippen LogP contribution >= 0.6 is 12.4 Å². The lowest BCUT2D eigenvalue weighted by atomic mass is 10.2. The van der Waals surface area contributed by atoms with Gasteiger partial charge in [0.15, 0.2) is 0 Å². The van der Waals surface area contributed by atoms with Crippen LogP contribution in [-0.2, 0) is 19.6 Å². The van der Waals surface area contributed by atoms with Crippen LogP contribution in [0.25, 0.3) is 0 Å². The molecule has 0 aliphatic rings. The van der Waals surface area contributed by atoms with Gasteiger partial charge in [0.1, 0.15) is 11.6 Å². The zero-order valence-corrected chi connectivity index (χ0v) is 11.4. The molecule has 0 aliphatic heterocycles. The van der Waals surface area contributed by atoms with E-state index in [0.717, 1.165) is 0 Å². The zero-order chi connectivity index (χ0) is 12.3. The molecule has 3 N–H and O–H groups in total. The van der Waals surface area contributed by atoms with Crippen molar-refractivity contribution in [3.8, 4) is 0 Å². The predicted molar refractivity (Wildman–Crippen MR) is 63.9 cm³/mol. The maximum absolute atomic E-state index is 11.3. The molecule has 0 radical (unpaired) electrons. The maximum atomic E-state index is 11.3. The Labute approximate surface area is 102 Å². The second kappa shape index (κ2) is 6.39. The standard InChI is InChI=1S/C8H18N2O4S.ClH/c1-8(2,3)14-7(11)6(9)5-15(12,13)10-4;/h6,10H,5,9H2,1-4H3;1H/t6-;/m1./s1. The topological polar surface area (TPSA) is 98.5 Å². The highest BCUT2D eigenvalue weighted by Crippen LogP contribution is 2.08. The van der Waals surface area contributed by atoms with Gasteiger partial charge in [0, 0.05) is 0 Å². The van der Waals surface area contributed by atoms with Crippen molar-refractivity contribution >= 4 is 28.4 Å². The fourth-order valence-electron chi connectivity index (χ4n) is 0.765. The summed E-state index contributed by atoms with van der Waals surface area (Å²) in [7, 11) is -2.23. The van der Waals surface area contributed by atoms with Gasteiger partial charge < -0.3 is 10.5 Å². The minimum atomic E-state index is -3.50. The third-order valence-corrected chi connectivity index (χ3v) is 2.84. The number of esters is 1. The fourth-order valence-corrected chi connectivity index (χ4v) is 1.54. The van der Waals surface area contributed by atoms with Crippen LogP contribution in [0.4, 0.5) is 0 Å². The van der Waals surface area contributed by atoms with Gasteiger partial charge in [0.25, 0.3) is 0 Å². The average Bonchev–Trinajstić information content (AvgIpc) is 2.00. The van der Waals surface area contributed by atoms with Gasteiger partial charge in [0.05, 0.1) is 5.75 Å². The molecule has 0 aromatic heterocycles. The molecule has 0 saturated heterocycles. The molecule has 1 atom stereocenters. The summed E-state index contributed by atoms with van der Waals surface area (Å²) >= 11 is 0. The summed E-state index contributed by atoms with van der Waals surface area (Å²) in [4.78, 5) is 11.3. The second-order valence-corrected chi connectivity index (χ2v) is 6.10. The van der Waals surface area contributed by atoms with Crippen LogP contribution in [-0.4, -0.2) is 38.8 Å². The maximum Gasteiger partial charge on any atom is 0.324 e. The van der Waals surface area contributed by atoms with Gasteiger partial charge in [-0.25, -0.2) is 13.1 Å². The van der Waals surface area contributed by atoms with Crippen molar-refractivity contribution in [3.05, 3.63) is 0 Å². The summed E-state index contributed by atoms with van der Waals surface area (Å²) in [5.41, 5.74) is 4.72. The Kier molecular flexibility index (Phi) is 7.19. The van der Waals surface area contributed by atoms with E-state index in [1.54, 1.807) is 20.8 Å². The smallest absolute Gasteiger partial charge is 0.324 e. The quantitative estimate of drug-likeness (QED) is 0.682. The molecule has 0 aromatic carbocycles. The Morgan fingerprint density at radius 3 is 2.19 bits per heavy atom. The number of carbonyl (C=O) groups is 1. The van der Waals surface area contributed by atoms with Crippen LogP contribution in [0.3, 0.4) is 0 Å². The van der Waals surface area contributed by atoms with Gasteiger partial charge in [-0.3, -0.25) is 4.79 Å². The first-order valence-corrected chi connectivity index (χ1v) is 6.12. The van der Waals surface area contributed by atoms with E-state index in [2.05, 4.69) is 4.72 Å². The Hall–Kier alpha value is -0.370. The van der Waals surface area contributed by atoms with E-state index >= 15 is 0 Å². The molecule has 16 heavy (non-hydrogen) atoms. The second-order valence-electron chi connectivity index (χ2n) is 4.13. The molecule has 98 valence electrons. The third kappa shape index (κ3) is 7.86. The molecule has 0 spiro atoms. The molecule has 8 heteroatoms. The zero-order valence-electron chi connectivity index (χ0n) is 9.81. The van der Waals surface area contributed by atoms with Crippen LogP contribution in [0.1, 0.15) is 20.8 Å². The number of nitrogens with one attached hydrogen (secondary N) is 1. The third-order valence-electron chi connectivity index (χ3n) is 1.42. The van der Waals surface area contributed by atoms with Crippen LogP contribution in [0, 0.1) is 0 Å². The van der Waals surface area contributed by atoms with E-state index < -0.39 is 33.4 Å². The summed E-state index contributed by atoms with van der Waals surface area (Å²) in [6.07, 6.45) is 0. The van der Waals surface area contributed by atoms with Crippen molar-refractivity contribution in [2.75, 3.05) is 12.8 Å². The molecule has 0 aromatic rings. The monoisotopic (exact) mass is 274 g/mol. The van der Waals surface area contributed by atoms with Gasteiger partial charge >= 0.3 is 5.97 Å². The molecule has 0 amide bonds. The van der Waals surface area contributed by atoms with Gasteiger partial charge in [-0.2, -0.15) is 0 Å². The summed E-state index contributed by atoms with van der Waals surface area (Å²) in [6.45, 7) is 5.05. The van der Waals surface area contributed by atoms with Crippen LogP contribution in [0.5, 0.6) is 0 Å². The molecule has 0 saturated carbocycles. The summed E-state index contributed by atoms with van der Waals surface area (Å²) in [6, 6.07) is -1.17. The Balaban J connectivity index is 0. The highest BCUT2D eigenvalue weighted by Gasteiger charge is 2.25. The van der Waals surface area contributed by atoms with E-state index in [0.29, 0.717) is 0 Å².